The zero-order valence-electron chi connectivity index (χ0n) is 9.84. The number of hydrogen-bond donors (Lipinski definition) is 1. The molecular formula is C13H12N2O3. The van der Waals surface area contributed by atoms with Gasteiger partial charge in [-0.05, 0) is 30.7 Å². The van der Waals surface area contributed by atoms with Crippen molar-refractivity contribution in [2.45, 2.75) is 6.92 Å². The lowest BCUT2D eigenvalue weighted by atomic mass is 10.1. The maximum Gasteiger partial charge on any atom is 0.231 e. The summed E-state index contributed by atoms with van der Waals surface area (Å²) in [6, 6.07) is 5.71. The van der Waals surface area contributed by atoms with Gasteiger partial charge in [-0.3, -0.25) is 0 Å². The fraction of sp³-hybridized carbons (Fsp3) is 0.154. The van der Waals surface area contributed by atoms with Crippen LogP contribution in [0.15, 0.2) is 22.7 Å². The van der Waals surface area contributed by atoms with Gasteiger partial charge < -0.3 is 19.7 Å². The molecule has 0 saturated carbocycles. The second-order valence-electron chi connectivity index (χ2n) is 3.99. The van der Waals surface area contributed by atoms with Crippen LogP contribution in [0.25, 0.3) is 12.2 Å². The lowest BCUT2D eigenvalue weighted by Gasteiger charge is -1.97. The molecule has 0 spiro atoms. The Kier molecular flexibility index (Phi) is 2.44. The summed E-state index contributed by atoms with van der Waals surface area (Å²) in [7, 11) is 0. The highest BCUT2D eigenvalue weighted by atomic mass is 16.7. The summed E-state index contributed by atoms with van der Waals surface area (Å²) in [5, 5.41) is 3.79. The Balaban J connectivity index is 1.86. The van der Waals surface area contributed by atoms with E-state index in [1.54, 1.807) is 13.0 Å². The van der Waals surface area contributed by atoms with Gasteiger partial charge in [-0.2, -0.15) is 0 Å². The van der Waals surface area contributed by atoms with Crippen molar-refractivity contribution < 1.29 is 14.0 Å². The maximum atomic E-state index is 5.80. The molecule has 0 fully saturated rings. The third-order valence-electron chi connectivity index (χ3n) is 2.76. The van der Waals surface area contributed by atoms with Crippen LogP contribution in [0.1, 0.15) is 17.0 Å². The Hall–Kier alpha value is -2.43. The van der Waals surface area contributed by atoms with Gasteiger partial charge in [-0.25, -0.2) is 0 Å². The number of aryl methyl sites for hydroxylation is 1. The number of benzene rings is 1. The minimum Gasteiger partial charge on any atom is -0.454 e. The minimum atomic E-state index is 0.275. The van der Waals surface area contributed by atoms with Gasteiger partial charge in [0, 0.05) is 0 Å². The molecule has 0 atom stereocenters. The fourth-order valence-electron chi connectivity index (χ4n) is 1.70. The lowest BCUT2D eigenvalue weighted by Crippen LogP contribution is -1.92. The molecule has 2 heterocycles. The molecule has 2 N–H and O–H groups in total. The first-order valence-corrected chi connectivity index (χ1v) is 5.53. The molecule has 18 heavy (non-hydrogen) atoms. The predicted octanol–water partition coefficient (Wildman–Crippen LogP) is 2.46. The molecule has 92 valence electrons. The molecule has 1 aliphatic rings. The minimum absolute atomic E-state index is 0.275. The summed E-state index contributed by atoms with van der Waals surface area (Å²) >= 11 is 0. The molecule has 5 heteroatoms. The average Bonchev–Trinajstić information content (AvgIpc) is 2.96. The van der Waals surface area contributed by atoms with Crippen LogP contribution in [0, 0.1) is 6.92 Å². The number of nitrogens with two attached hydrogens (primary N) is 1. The molecule has 1 aromatic carbocycles. The first-order chi connectivity index (χ1) is 8.74. The number of aromatic nitrogens is 1. The van der Waals surface area contributed by atoms with E-state index in [0.29, 0.717) is 17.1 Å². The van der Waals surface area contributed by atoms with Gasteiger partial charge in [0.05, 0.1) is 0 Å². The van der Waals surface area contributed by atoms with Crippen molar-refractivity contribution in [3.8, 4) is 11.5 Å². The van der Waals surface area contributed by atoms with Crippen LogP contribution in [-0.4, -0.2) is 11.9 Å². The van der Waals surface area contributed by atoms with Gasteiger partial charge in [0.25, 0.3) is 0 Å². The van der Waals surface area contributed by atoms with Crippen LogP contribution >= 0.6 is 0 Å². The number of ether oxygens (including phenoxy) is 2. The highest BCUT2D eigenvalue weighted by Crippen LogP contribution is 2.33. The van der Waals surface area contributed by atoms with E-state index in [2.05, 4.69) is 5.16 Å². The van der Waals surface area contributed by atoms with Crippen molar-refractivity contribution in [2.75, 3.05) is 12.5 Å². The normalized spacial score (nSPS) is 13.4. The molecule has 0 radical (unpaired) electrons. The lowest BCUT2D eigenvalue weighted by molar-refractivity contribution is 0.174. The van der Waals surface area contributed by atoms with Crippen molar-refractivity contribution >= 4 is 17.8 Å². The third kappa shape index (κ3) is 1.79. The second kappa shape index (κ2) is 4.10. The van der Waals surface area contributed by atoms with Crippen LogP contribution in [-0.2, 0) is 0 Å². The zero-order valence-corrected chi connectivity index (χ0v) is 9.84. The molecule has 0 aliphatic carbocycles. The number of nitrogen functional groups attached to an aromatic ring is 1. The first-order valence-electron chi connectivity index (χ1n) is 5.53. The number of nitrogens with zero attached hydrogens (tertiary/aromatic N) is 1. The molecule has 2 aromatic rings. The van der Waals surface area contributed by atoms with Gasteiger partial charge in [-0.1, -0.05) is 17.3 Å². The monoisotopic (exact) mass is 244 g/mol. The number of hydrogen-bond acceptors (Lipinski definition) is 5. The van der Waals surface area contributed by atoms with Gasteiger partial charge in [0.2, 0.25) is 6.79 Å². The Morgan fingerprint density at radius 2 is 2.06 bits per heavy atom. The van der Waals surface area contributed by atoms with Crippen LogP contribution in [0.2, 0.25) is 0 Å². The summed E-state index contributed by atoms with van der Waals surface area (Å²) < 4.78 is 15.6. The van der Waals surface area contributed by atoms with Crippen molar-refractivity contribution in [2.24, 2.45) is 0 Å². The van der Waals surface area contributed by atoms with Gasteiger partial charge in [-0.15, -0.1) is 0 Å². The maximum absolute atomic E-state index is 5.80. The highest BCUT2D eigenvalue weighted by molar-refractivity contribution is 5.74. The molecular weight excluding hydrogens is 232 g/mol. The SMILES string of the molecule is Cc1noc(/C=C/c2ccc3c(c2)OCO3)c1N. The second-order valence-corrected chi connectivity index (χ2v) is 3.99. The Bertz CT molecular complexity index is 617. The summed E-state index contributed by atoms with van der Waals surface area (Å²) in [6.45, 7) is 2.08. The van der Waals surface area contributed by atoms with E-state index in [1.165, 1.54) is 0 Å². The Morgan fingerprint density at radius 1 is 1.22 bits per heavy atom. The van der Waals surface area contributed by atoms with E-state index in [9.17, 15) is 0 Å². The Morgan fingerprint density at radius 3 is 2.83 bits per heavy atom. The Labute approximate surface area is 104 Å². The molecule has 0 unspecified atom stereocenters. The van der Waals surface area contributed by atoms with Gasteiger partial charge in [0.1, 0.15) is 11.4 Å². The number of anilines is 1. The van der Waals surface area contributed by atoms with E-state index >= 15 is 0 Å². The van der Waals surface area contributed by atoms with Gasteiger partial charge >= 0.3 is 0 Å². The molecule has 1 aliphatic heterocycles. The summed E-state index contributed by atoms with van der Waals surface area (Å²) in [6.07, 6.45) is 3.67. The average molecular weight is 244 g/mol. The van der Waals surface area contributed by atoms with Crippen molar-refractivity contribution in [3.05, 3.63) is 35.2 Å². The molecule has 1 aromatic heterocycles. The number of fused-ring (bicyclic) bond motifs is 1. The zero-order chi connectivity index (χ0) is 12.5. The molecule has 0 bridgehead atoms. The van der Waals surface area contributed by atoms with Crippen LogP contribution in [0.5, 0.6) is 11.5 Å². The van der Waals surface area contributed by atoms with Crippen molar-refractivity contribution in [3.63, 3.8) is 0 Å². The van der Waals surface area contributed by atoms with E-state index in [4.69, 9.17) is 19.7 Å². The van der Waals surface area contributed by atoms with Crippen molar-refractivity contribution in [1.82, 2.24) is 5.16 Å². The molecule has 0 saturated heterocycles. The fourth-order valence-corrected chi connectivity index (χ4v) is 1.70. The number of rotatable bonds is 2. The molecule has 0 amide bonds. The predicted molar refractivity (Wildman–Crippen MR) is 67.1 cm³/mol. The van der Waals surface area contributed by atoms with E-state index in [-0.39, 0.29) is 6.79 Å². The largest absolute Gasteiger partial charge is 0.454 e. The molecule has 3 rings (SSSR count). The summed E-state index contributed by atoms with van der Waals surface area (Å²) in [5.41, 5.74) is 8.04. The van der Waals surface area contributed by atoms with Crippen LogP contribution < -0.4 is 15.2 Å². The summed E-state index contributed by atoms with van der Waals surface area (Å²) in [5.74, 6) is 2.08. The summed E-state index contributed by atoms with van der Waals surface area (Å²) in [4.78, 5) is 0. The topological polar surface area (TPSA) is 70.5 Å². The first kappa shape index (κ1) is 10.7. The van der Waals surface area contributed by atoms with E-state index in [0.717, 1.165) is 17.1 Å². The smallest absolute Gasteiger partial charge is 0.231 e. The van der Waals surface area contributed by atoms with Crippen LogP contribution in [0.3, 0.4) is 0 Å². The standard InChI is InChI=1S/C13H12N2O3/c1-8-13(14)11(18-15-8)5-3-9-2-4-10-12(6-9)17-7-16-10/h2-6H,7,14H2,1H3/b5-3+. The quantitative estimate of drug-likeness (QED) is 0.878. The highest BCUT2D eigenvalue weighted by Gasteiger charge is 2.12. The van der Waals surface area contributed by atoms with E-state index in [1.807, 2.05) is 24.3 Å². The van der Waals surface area contributed by atoms with E-state index < -0.39 is 0 Å². The third-order valence-corrected chi connectivity index (χ3v) is 2.76. The van der Waals surface area contributed by atoms with Crippen LogP contribution in [0.4, 0.5) is 5.69 Å². The van der Waals surface area contributed by atoms with Crippen molar-refractivity contribution in [1.29, 1.82) is 0 Å². The van der Waals surface area contributed by atoms with Gasteiger partial charge in [0.15, 0.2) is 17.3 Å². The molecule has 5 nitrogen and oxygen atoms in total.